The molecule has 3 atom stereocenters. The van der Waals surface area contributed by atoms with Gasteiger partial charge in [-0.3, -0.25) is 0 Å². The van der Waals surface area contributed by atoms with E-state index in [-0.39, 0.29) is 0 Å². The molecule has 2 fully saturated rings. The minimum atomic E-state index is 0.751. The molecule has 0 aromatic heterocycles. The van der Waals surface area contributed by atoms with Crippen molar-refractivity contribution in [2.45, 2.75) is 25.3 Å². The van der Waals surface area contributed by atoms with Crippen LogP contribution in [-0.2, 0) is 0 Å². The van der Waals surface area contributed by atoms with Crippen LogP contribution in [-0.4, -0.2) is 6.04 Å². The molecule has 1 aromatic rings. The number of fused-ring (bicyclic) bond motifs is 1. The van der Waals surface area contributed by atoms with Crippen LogP contribution in [0.3, 0.4) is 0 Å². The van der Waals surface area contributed by atoms with E-state index in [9.17, 15) is 0 Å². The standard InChI is InChI=1S/C12H14BrN/c13-9-2-4-10(5-3-9)14-12-6-1-8-7-11(8)12/h2-5,8,11-12,14H,1,6-7H2/t8-,11+,12?/m1/s1. The summed E-state index contributed by atoms with van der Waals surface area (Å²) in [5.74, 6) is 2.04. The normalized spacial score (nSPS) is 33.9. The van der Waals surface area contributed by atoms with Gasteiger partial charge in [0.15, 0.2) is 0 Å². The molecule has 0 bridgehead atoms. The Hall–Kier alpha value is -0.500. The minimum Gasteiger partial charge on any atom is -0.382 e. The molecule has 3 rings (SSSR count). The molecule has 2 aliphatic carbocycles. The van der Waals surface area contributed by atoms with Crippen molar-refractivity contribution >= 4 is 21.6 Å². The summed E-state index contributed by atoms with van der Waals surface area (Å²) in [4.78, 5) is 0. The Morgan fingerprint density at radius 1 is 1.14 bits per heavy atom. The van der Waals surface area contributed by atoms with E-state index in [2.05, 4.69) is 45.5 Å². The molecule has 0 spiro atoms. The lowest BCUT2D eigenvalue weighted by molar-refractivity contribution is 0.654. The van der Waals surface area contributed by atoms with Gasteiger partial charge in [0.25, 0.3) is 0 Å². The van der Waals surface area contributed by atoms with E-state index in [4.69, 9.17) is 0 Å². The van der Waals surface area contributed by atoms with Crippen molar-refractivity contribution < 1.29 is 0 Å². The average molecular weight is 252 g/mol. The fraction of sp³-hybridized carbons (Fsp3) is 0.500. The molecular weight excluding hydrogens is 238 g/mol. The highest BCUT2D eigenvalue weighted by molar-refractivity contribution is 9.10. The van der Waals surface area contributed by atoms with Gasteiger partial charge in [-0.05, 0) is 55.4 Å². The van der Waals surface area contributed by atoms with Crippen molar-refractivity contribution in [1.82, 2.24) is 0 Å². The second kappa shape index (κ2) is 3.27. The molecule has 0 aliphatic heterocycles. The van der Waals surface area contributed by atoms with E-state index in [1.165, 1.54) is 24.9 Å². The highest BCUT2D eigenvalue weighted by atomic mass is 79.9. The fourth-order valence-corrected chi connectivity index (χ4v) is 2.91. The highest BCUT2D eigenvalue weighted by Gasteiger charge is 2.47. The summed E-state index contributed by atoms with van der Waals surface area (Å²) in [7, 11) is 0. The molecule has 0 saturated heterocycles. The molecule has 74 valence electrons. The Balaban J connectivity index is 1.69. The topological polar surface area (TPSA) is 12.0 Å². The smallest absolute Gasteiger partial charge is 0.0343 e. The summed E-state index contributed by atoms with van der Waals surface area (Å²) in [5.41, 5.74) is 1.27. The zero-order valence-corrected chi connectivity index (χ0v) is 9.63. The molecule has 1 aromatic carbocycles. The van der Waals surface area contributed by atoms with Gasteiger partial charge < -0.3 is 5.32 Å². The quantitative estimate of drug-likeness (QED) is 0.846. The van der Waals surface area contributed by atoms with Crippen LogP contribution in [0.5, 0.6) is 0 Å². The monoisotopic (exact) mass is 251 g/mol. The number of rotatable bonds is 2. The third kappa shape index (κ3) is 1.56. The lowest BCUT2D eigenvalue weighted by atomic mass is 10.1. The third-order valence-corrected chi connectivity index (χ3v) is 4.07. The molecule has 14 heavy (non-hydrogen) atoms. The summed E-state index contributed by atoms with van der Waals surface area (Å²) in [6.45, 7) is 0. The van der Waals surface area contributed by atoms with Crippen molar-refractivity contribution in [3.63, 3.8) is 0 Å². The summed E-state index contributed by atoms with van der Waals surface area (Å²) in [5, 5.41) is 3.64. The lowest BCUT2D eigenvalue weighted by Crippen LogP contribution is -2.18. The van der Waals surface area contributed by atoms with E-state index in [0.29, 0.717) is 0 Å². The highest BCUT2D eigenvalue weighted by Crippen LogP contribution is 2.52. The average Bonchev–Trinajstić information content (AvgIpc) is 2.88. The van der Waals surface area contributed by atoms with Gasteiger partial charge in [0, 0.05) is 16.2 Å². The molecule has 1 N–H and O–H groups in total. The molecule has 2 saturated carbocycles. The maximum atomic E-state index is 3.64. The Kier molecular flexibility index (Phi) is 2.05. The van der Waals surface area contributed by atoms with E-state index in [0.717, 1.165) is 22.4 Å². The van der Waals surface area contributed by atoms with Crippen molar-refractivity contribution in [1.29, 1.82) is 0 Å². The predicted octanol–water partition coefficient (Wildman–Crippen LogP) is 3.66. The molecule has 0 radical (unpaired) electrons. The van der Waals surface area contributed by atoms with Gasteiger partial charge in [-0.25, -0.2) is 0 Å². The largest absolute Gasteiger partial charge is 0.382 e. The van der Waals surface area contributed by atoms with Crippen LogP contribution in [0, 0.1) is 11.8 Å². The summed E-state index contributed by atoms with van der Waals surface area (Å²) in [6.07, 6.45) is 4.28. The maximum Gasteiger partial charge on any atom is 0.0343 e. The van der Waals surface area contributed by atoms with Gasteiger partial charge >= 0.3 is 0 Å². The van der Waals surface area contributed by atoms with E-state index in [1.54, 1.807) is 0 Å². The first-order valence-electron chi connectivity index (χ1n) is 5.35. The molecule has 0 heterocycles. The first kappa shape index (κ1) is 8.78. The van der Waals surface area contributed by atoms with Crippen molar-refractivity contribution in [3.8, 4) is 0 Å². The Morgan fingerprint density at radius 3 is 2.50 bits per heavy atom. The Bertz CT molecular complexity index is 333. The van der Waals surface area contributed by atoms with E-state index in [1.807, 2.05) is 0 Å². The van der Waals surface area contributed by atoms with Crippen LogP contribution in [0.25, 0.3) is 0 Å². The lowest BCUT2D eigenvalue weighted by Gasteiger charge is -2.15. The molecule has 0 amide bonds. The molecule has 2 heteroatoms. The van der Waals surface area contributed by atoms with Gasteiger partial charge in [-0.1, -0.05) is 15.9 Å². The third-order valence-electron chi connectivity index (χ3n) is 3.54. The van der Waals surface area contributed by atoms with Crippen molar-refractivity contribution in [2.75, 3.05) is 5.32 Å². The summed E-state index contributed by atoms with van der Waals surface area (Å²) < 4.78 is 1.15. The van der Waals surface area contributed by atoms with Crippen LogP contribution in [0.2, 0.25) is 0 Å². The van der Waals surface area contributed by atoms with Crippen molar-refractivity contribution in [2.24, 2.45) is 11.8 Å². The summed E-state index contributed by atoms with van der Waals surface area (Å²) in [6, 6.07) is 9.25. The zero-order valence-electron chi connectivity index (χ0n) is 8.04. The SMILES string of the molecule is Brc1ccc(NC2CC[C@@H]3C[C@H]23)cc1. The summed E-state index contributed by atoms with van der Waals surface area (Å²) >= 11 is 3.45. The predicted molar refractivity (Wildman–Crippen MR) is 62.4 cm³/mol. The molecule has 2 aliphatic rings. The number of benzene rings is 1. The van der Waals surface area contributed by atoms with Gasteiger partial charge in [0.1, 0.15) is 0 Å². The number of hydrogen-bond donors (Lipinski definition) is 1. The minimum absolute atomic E-state index is 0.751. The van der Waals surface area contributed by atoms with E-state index >= 15 is 0 Å². The fourth-order valence-electron chi connectivity index (χ4n) is 2.64. The van der Waals surface area contributed by atoms with Crippen LogP contribution in [0.4, 0.5) is 5.69 Å². The molecule has 1 unspecified atom stereocenters. The van der Waals surface area contributed by atoms with Gasteiger partial charge in [0.05, 0.1) is 0 Å². The van der Waals surface area contributed by atoms with Crippen LogP contribution >= 0.6 is 15.9 Å². The van der Waals surface area contributed by atoms with Gasteiger partial charge in [-0.2, -0.15) is 0 Å². The number of anilines is 1. The van der Waals surface area contributed by atoms with Crippen LogP contribution < -0.4 is 5.32 Å². The maximum absolute atomic E-state index is 3.64. The number of hydrogen-bond acceptors (Lipinski definition) is 1. The van der Waals surface area contributed by atoms with Gasteiger partial charge in [-0.15, -0.1) is 0 Å². The Labute approximate surface area is 93.0 Å². The molecular formula is C12H14BrN. The van der Waals surface area contributed by atoms with Crippen LogP contribution in [0.1, 0.15) is 19.3 Å². The number of halogens is 1. The first-order valence-corrected chi connectivity index (χ1v) is 6.14. The number of nitrogens with one attached hydrogen (secondary N) is 1. The Morgan fingerprint density at radius 2 is 1.93 bits per heavy atom. The second-order valence-corrected chi connectivity index (χ2v) is 5.41. The zero-order chi connectivity index (χ0) is 9.54. The first-order chi connectivity index (χ1) is 6.83. The van der Waals surface area contributed by atoms with Crippen molar-refractivity contribution in [3.05, 3.63) is 28.7 Å². The second-order valence-electron chi connectivity index (χ2n) is 4.49. The molecule has 1 nitrogen and oxygen atoms in total. The van der Waals surface area contributed by atoms with Crippen LogP contribution in [0.15, 0.2) is 28.7 Å². The van der Waals surface area contributed by atoms with Gasteiger partial charge in [0.2, 0.25) is 0 Å². The van der Waals surface area contributed by atoms with E-state index < -0.39 is 0 Å².